The van der Waals surface area contributed by atoms with Crippen molar-refractivity contribution in [3.63, 3.8) is 0 Å². The first-order valence-corrected chi connectivity index (χ1v) is 7.83. The Labute approximate surface area is 132 Å². The lowest BCUT2D eigenvalue weighted by atomic mass is 10.1. The zero-order chi connectivity index (χ0) is 13.4. The Morgan fingerprint density at radius 2 is 1.83 bits per heavy atom. The first-order valence-electron chi connectivity index (χ1n) is 4.64. The van der Waals surface area contributed by atoms with E-state index in [1.165, 1.54) is 23.5 Å². The molecule has 0 saturated heterocycles. The molecule has 0 amide bonds. The van der Waals surface area contributed by atoms with Gasteiger partial charge in [0.15, 0.2) is 0 Å². The van der Waals surface area contributed by atoms with Crippen LogP contribution in [0.25, 0.3) is 0 Å². The molecular weight excluding hydrogens is 453 g/mol. The molecule has 2 rings (SSSR count). The summed E-state index contributed by atoms with van der Waals surface area (Å²) in [6.45, 7) is 0. The first kappa shape index (κ1) is 14.2. The fraction of sp³-hybridized carbons (Fsp3) is 0. The molecular formula is C11H5Br3FNOS. The number of thiophene rings is 1. The van der Waals surface area contributed by atoms with Crippen LogP contribution in [0.4, 0.5) is 10.1 Å². The summed E-state index contributed by atoms with van der Waals surface area (Å²) in [5.41, 5.74) is 5.77. The third-order valence-electron chi connectivity index (χ3n) is 2.20. The minimum absolute atomic E-state index is 0.0452. The zero-order valence-electron chi connectivity index (χ0n) is 8.64. The third-order valence-corrected chi connectivity index (χ3v) is 6.11. The molecule has 0 bridgehead atoms. The smallest absolute Gasteiger partial charge is 0.204 e. The van der Waals surface area contributed by atoms with Gasteiger partial charge in [0.25, 0.3) is 0 Å². The van der Waals surface area contributed by atoms with Crippen LogP contribution in [0.2, 0.25) is 0 Å². The van der Waals surface area contributed by atoms with Crippen LogP contribution < -0.4 is 5.73 Å². The van der Waals surface area contributed by atoms with Crippen molar-refractivity contribution in [3.8, 4) is 0 Å². The van der Waals surface area contributed by atoms with Crippen LogP contribution >= 0.6 is 59.1 Å². The van der Waals surface area contributed by atoms with Gasteiger partial charge in [0, 0.05) is 14.5 Å². The summed E-state index contributed by atoms with van der Waals surface area (Å²) < 4.78 is 15.2. The van der Waals surface area contributed by atoms with E-state index < -0.39 is 5.82 Å². The maximum Gasteiger partial charge on any atom is 0.204 e. The number of nitrogens with two attached hydrogens (primary N) is 1. The third kappa shape index (κ3) is 2.68. The maximum atomic E-state index is 13.2. The molecule has 1 heterocycles. The molecule has 18 heavy (non-hydrogen) atoms. The molecule has 0 unspecified atom stereocenters. The number of nitrogen functional groups attached to an aromatic ring is 1. The van der Waals surface area contributed by atoms with Crippen molar-refractivity contribution in [3.05, 3.63) is 47.2 Å². The van der Waals surface area contributed by atoms with Crippen molar-refractivity contribution in [2.75, 3.05) is 5.73 Å². The molecule has 0 radical (unpaired) electrons. The summed E-state index contributed by atoms with van der Waals surface area (Å²) >= 11 is 11.1. The van der Waals surface area contributed by atoms with Crippen molar-refractivity contribution in [2.45, 2.75) is 0 Å². The van der Waals surface area contributed by atoms with E-state index in [9.17, 15) is 9.18 Å². The lowest BCUT2D eigenvalue weighted by Crippen LogP contribution is -2.03. The van der Waals surface area contributed by atoms with Gasteiger partial charge in [0.1, 0.15) is 5.82 Å². The average molecular weight is 458 g/mol. The fourth-order valence-electron chi connectivity index (χ4n) is 1.33. The largest absolute Gasteiger partial charge is 0.396 e. The predicted molar refractivity (Wildman–Crippen MR) is 81.7 cm³/mol. The van der Waals surface area contributed by atoms with Crippen LogP contribution in [-0.2, 0) is 0 Å². The Hall–Kier alpha value is -0.240. The van der Waals surface area contributed by atoms with Gasteiger partial charge >= 0.3 is 0 Å². The molecule has 0 spiro atoms. The molecule has 0 aliphatic heterocycles. The second-order valence-corrected chi connectivity index (χ2v) is 7.49. The van der Waals surface area contributed by atoms with Gasteiger partial charge in [-0.2, -0.15) is 0 Å². The van der Waals surface area contributed by atoms with E-state index in [0.717, 1.165) is 8.26 Å². The minimum Gasteiger partial charge on any atom is -0.396 e. The van der Waals surface area contributed by atoms with Gasteiger partial charge in [-0.05, 0) is 66.0 Å². The van der Waals surface area contributed by atoms with Gasteiger partial charge < -0.3 is 5.73 Å². The minimum atomic E-state index is -0.549. The standard InChI is InChI=1S/C11H5Br3FNOS/c12-5-2-7(15)8(16)1-4(5)10(17)9-3-6(13)11(14)18-9/h1-3H,16H2. The number of carbonyl (C=O) groups is 1. The summed E-state index contributed by atoms with van der Waals surface area (Å²) in [7, 11) is 0. The van der Waals surface area contributed by atoms with Gasteiger partial charge in [-0.1, -0.05) is 0 Å². The molecule has 2 N–H and O–H groups in total. The summed E-state index contributed by atoms with van der Waals surface area (Å²) in [4.78, 5) is 12.8. The summed E-state index contributed by atoms with van der Waals surface area (Å²) in [6, 6.07) is 4.24. The molecule has 0 aliphatic rings. The van der Waals surface area contributed by atoms with Crippen LogP contribution in [-0.4, -0.2) is 5.78 Å². The van der Waals surface area contributed by atoms with E-state index in [2.05, 4.69) is 47.8 Å². The molecule has 0 fully saturated rings. The van der Waals surface area contributed by atoms with Gasteiger partial charge in [-0.25, -0.2) is 4.39 Å². The van der Waals surface area contributed by atoms with Crippen LogP contribution in [0.15, 0.2) is 30.9 Å². The highest BCUT2D eigenvalue weighted by atomic mass is 79.9. The molecule has 0 saturated carbocycles. The number of hydrogen-bond acceptors (Lipinski definition) is 3. The first-order chi connectivity index (χ1) is 8.40. The maximum absolute atomic E-state index is 13.2. The Morgan fingerprint density at radius 1 is 1.17 bits per heavy atom. The van der Waals surface area contributed by atoms with Crippen LogP contribution in [0, 0.1) is 5.82 Å². The number of rotatable bonds is 2. The molecule has 94 valence electrons. The topological polar surface area (TPSA) is 43.1 Å². The highest BCUT2D eigenvalue weighted by Gasteiger charge is 2.18. The summed E-state index contributed by atoms with van der Waals surface area (Å²) in [6.07, 6.45) is 0. The quantitative estimate of drug-likeness (QED) is 0.510. The Balaban J connectivity index is 2.49. The zero-order valence-corrected chi connectivity index (χ0v) is 14.2. The van der Waals surface area contributed by atoms with Crippen molar-refractivity contribution in [2.24, 2.45) is 0 Å². The molecule has 1 aromatic heterocycles. The van der Waals surface area contributed by atoms with Gasteiger partial charge in [0.05, 0.1) is 14.4 Å². The molecule has 2 nitrogen and oxygen atoms in total. The molecule has 2 aromatic rings. The number of ketones is 1. The summed E-state index contributed by atoms with van der Waals surface area (Å²) in [5.74, 6) is -0.753. The monoisotopic (exact) mass is 455 g/mol. The molecule has 0 aliphatic carbocycles. The number of anilines is 1. The fourth-order valence-corrected chi connectivity index (χ4v) is 3.82. The van der Waals surface area contributed by atoms with E-state index in [1.54, 1.807) is 6.07 Å². The van der Waals surface area contributed by atoms with E-state index in [0.29, 0.717) is 14.9 Å². The van der Waals surface area contributed by atoms with Crippen LogP contribution in [0.1, 0.15) is 15.2 Å². The number of halogens is 4. The Kier molecular flexibility index (Phi) is 4.25. The second-order valence-electron chi connectivity index (χ2n) is 3.41. The van der Waals surface area contributed by atoms with E-state index in [1.807, 2.05) is 0 Å². The van der Waals surface area contributed by atoms with E-state index in [-0.39, 0.29) is 11.5 Å². The summed E-state index contributed by atoms with van der Waals surface area (Å²) in [5, 5.41) is 0. The molecule has 7 heteroatoms. The van der Waals surface area contributed by atoms with Gasteiger partial charge in [-0.15, -0.1) is 11.3 Å². The van der Waals surface area contributed by atoms with E-state index >= 15 is 0 Å². The van der Waals surface area contributed by atoms with Crippen molar-refractivity contribution in [1.29, 1.82) is 0 Å². The second kappa shape index (κ2) is 5.40. The SMILES string of the molecule is Nc1cc(C(=O)c2cc(Br)c(Br)s2)c(Br)cc1F. The van der Waals surface area contributed by atoms with Crippen LogP contribution in [0.3, 0.4) is 0 Å². The van der Waals surface area contributed by atoms with Gasteiger partial charge in [-0.3, -0.25) is 4.79 Å². The normalized spacial score (nSPS) is 10.7. The van der Waals surface area contributed by atoms with Gasteiger partial charge in [0.2, 0.25) is 5.78 Å². The predicted octanol–water partition coefficient (Wildman–Crippen LogP) is 4.99. The number of benzene rings is 1. The number of carbonyl (C=O) groups excluding carboxylic acids is 1. The van der Waals surface area contributed by atoms with Crippen molar-refractivity contribution < 1.29 is 9.18 Å². The van der Waals surface area contributed by atoms with Crippen molar-refractivity contribution in [1.82, 2.24) is 0 Å². The average Bonchev–Trinajstić information content (AvgIpc) is 2.63. The van der Waals surface area contributed by atoms with Crippen LogP contribution in [0.5, 0.6) is 0 Å². The molecule has 1 aromatic carbocycles. The Bertz CT molecular complexity index is 622. The number of hydrogen-bond donors (Lipinski definition) is 1. The lowest BCUT2D eigenvalue weighted by molar-refractivity contribution is 0.104. The lowest BCUT2D eigenvalue weighted by Gasteiger charge is -2.04. The molecule has 0 atom stereocenters. The highest BCUT2D eigenvalue weighted by Crippen LogP contribution is 2.35. The van der Waals surface area contributed by atoms with E-state index in [4.69, 9.17) is 5.73 Å². The highest BCUT2D eigenvalue weighted by molar-refractivity contribution is 9.13. The Morgan fingerprint density at radius 3 is 2.39 bits per heavy atom. The van der Waals surface area contributed by atoms with Crippen molar-refractivity contribution >= 4 is 70.6 Å².